The van der Waals surface area contributed by atoms with E-state index in [2.05, 4.69) is 5.32 Å². The summed E-state index contributed by atoms with van der Waals surface area (Å²) in [6.45, 7) is 2.52. The molecule has 258 valence electrons. The van der Waals surface area contributed by atoms with E-state index in [9.17, 15) is 22.8 Å². The average Bonchev–Trinajstić information content (AvgIpc) is 3.48. The Hall–Kier alpha value is -4.31. The average molecular weight is 716 g/mol. The number of carbonyl (C=O) groups is 2. The summed E-state index contributed by atoms with van der Waals surface area (Å²) in [5, 5.41) is 13.1. The molecule has 2 atom stereocenters. The van der Waals surface area contributed by atoms with E-state index in [1.165, 1.54) is 11.0 Å². The summed E-state index contributed by atoms with van der Waals surface area (Å²) in [6.07, 6.45) is -3.50. The second-order valence-electron chi connectivity index (χ2n) is 11.8. The minimum Gasteiger partial charge on any atom is -0.493 e. The maximum absolute atomic E-state index is 14.7. The number of alkyl halides is 3. The molecule has 0 bridgehead atoms. The van der Waals surface area contributed by atoms with Crippen molar-refractivity contribution in [3.8, 4) is 11.8 Å². The number of nitrogens with zero attached hydrogens (tertiary/aromatic N) is 5. The molecule has 1 fully saturated rings. The van der Waals surface area contributed by atoms with Crippen LogP contribution in [0.2, 0.25) is 10.0 Å². The number of amides is 3. The van der Waals surface area contributed by atoms with Crippen LogP contribution in [0.3, 0.4) is 0 Å². The van der Waals surface area contributed by atoms with E-state index in [0.29, 0.717) is 36.0 Å². The van der Waals surface area contributed by atoms with Gasteiger partial charge in [-0.1, -0.05) is 47.5 Å². The van der Waals surface area contributed by atoms with Gasteiger partial charge >= 0.3 is 12.2 Å². The van der Waals surface area contributed by atoms with Crippen molar-refractivity contribution in [1.29, 1.82) is 5.26 Å². The van der Waals surface area contributed by atoms with Crippen LogP contribution < -0.4 is 10.1 Å². The molecule has 0 radical (unpaired) electrons. The molecule has 2 unspecified atom stereocenters. The van der Waals surface area contributed by atoms with Crippen LogP contribution in [-0.4, -0.2) is 78.3 Å². The van der Waals surface area contributed by atoms with Crippen LogP contribution in [0.5, 0.6) is 5.75 Å². The Labute approximate surface area is 292 Å². The van der Waals surface area contributed by atoms with E-state index in [1.807, 2.05) is 18.2 Å². The van der Waals surface area contributed by atoms with Crippen molar-refractivity contribution in [2.45, 2.75) is 44.1 Å². The van der Waals surface area contributed by atoms with Gasteiger partial charge < -0.3 is 19.9 Å². The summed E-state index contributed by atoms with van der Waals surface area (Å²) in [4.78, 5) is 36.6. The summed E-state index contributed by atoms with van der Waals surface area (Å²) in [6, 6.07) is 17.5. The number of hydrogen-bond acceptors (Lipinski definition) is 6. The molecule has 3 aromatic rings. The molecule has 0 aliphatic carbocycles. The molecule has 1 N–H and O–H groups in total. The largest absolute Gasteiger partial charge is 0.493 e. The zero-order valence-electron chi connectivity index (χ0n) is 26.9. The molecule has 3 aromatic carbocycles. The lowest BCUT2D eigenvalue weighted by molar-refractivity contribution is -0.137. The van der Waals surface area contributed by atoms with Gasteiger partial charge in [0, 0.05) is 36.2 Å². The molecule has 9 nitrogen and oxygen atoms in total. The number of carbonyl (C=O) groups excluding carboxylic acids is 2. The Morgan fingerprint density at radius 2 is 1.63 bits per heavy atom. The monoisotopic (exact) mass is 714 g/mol. The van der Waals surface area contributed by atoms with Crippen LogP contribution in [-0.2, 0) is 11.0 Å². The summed E-state index contributed by atoms with van der Waals surface area (Å²) >= 11 is 12.5. The summed E-state index contributed by atoms with van der Waals surface area (Å²) < 4.78 is 47.1. The van der Waals surface area contributed by atoms with E-state index in [0.717, 1.165) is 23.3 Å². The summed E-state index contributed by atoms with van der Waals surface area (Å²) in [7, 11) is 1.56. The van der Waals surface area contributed by atoms with E-state index in [-0.39, 0.29) is 54.8 Å². The predicted molar refractivity (Wildman–Crippen MR) is 181 cm³/mol. The van der Waals surface area contributed by atoms with Crippen LogP contribution in [0.4, 0.5) is 18.0 Å². The highest BCUT2D eigenvalue weighted by atomic mass is 35.5. The number of benzene rings is 3. The Bertz CT molecular complexity index is 1720. The van der Waals surface area contributed by atoms with Gasteiger partial charge in [-0.15, -0.1) is 0 Å². The third kappa shape index (κ3) is 8.29. The third-order valence-corrected chi connectivity index (χ3v) is 9.09. The summed E-state index contributed by atoms with van der Waals surface area (Å²) in [5.41, 5.74) is 0.829. The number of aliphatic imine (C=N–C) groups is 1. The second kappa shape index (κ2) is 15.5. The van der Waals surface area contributed by atoms with E-state index < -0.39 is 23.8 Å². The lowest BCUT2D eigenvalue weighted by Gasteiger charge is -2.38. The van der Waals surface area contributed by atoms with Crippen LogP contribution >= 0.6 is 23.2 Å². The molecular formula is C35H35Cl2F3N6O3. The van der Waals surface area contributed by atoms with Gasteiger partial charge in [-0.2, -0.15) is 18.4 Å². The quantitative estimate of drug-likeness (QED) is 0.238. The highest BCUT2D eigenvalue weighted by molar-refractivity contribution is 6.30. The first-order chi connectivity index (χ1) is 23.4. The van der Waals surface area contributed by atoms with Crippen molar-refractivity contribution in [3.05, 3.63) is 99.0 Å². The number of nitrogens with one attached hydrogen (secondary N) is 1. The first kappa shape index (κ1) is 36.0. The molecule has 49 heavy (non-hydrogen) atoms. The van der Waals surface area contributed by atoms with Gasteiger partial charge in [0.1, 0.15) is 24.2 Å². The van der Waals surface area contributed by atoms with Gasteiger partial charge in [-0.25, -0.2) is 4.79 Å². The molecule has 3 amide bonds. The molecule has 2 aliphatic rings. The minimum absolute atomic E-state index is 0.0110. The minimum atomic E-state index is -4.61. The zero-order chi connectivity index (χ0) is 35.3. The topological polar surface area (TPSA) is 101 Å². The molecule has 2 aliphatic heterocycles. The van der Waals surface area contributed by atoms with Gasteiger partial charge in [-0.3, -0.25) is 14.7 Å². The van der Waals surface area contributed by atoms with Gasteiger partial charge in [0.15, 0.2) is 0 Å². The number of amidine groups is 1. The number of hydrogen-bond donors (Lipinski definition) is 1. The number of likely N-dealkylation sites (N-methyl/N-ethyl adjacent to an activating group) is 1. The van der Waals surface area contributed by atoms with Crippen molar-refractivity contribution in [2.75, 3.05) is 39.8 Å². The Kier molecular flexibility index (Phi) is 11.4. The molecule has 0 spiro atoms. The Balaban J connectivity index is 1.53. The fourth-order valence-corrected chi connectivity index (χ4v) is 6.25. The molecular weight excluding hydrogens is 680 g/mol. The maximum Gasteiger partial charge on any atom is 0.416 e. The van der Waals surface area contributed by atoms with Crippen molar-refractivity contribution in [1.82, 2.24) is 20.0 Å². The first-order valence-corrected chi connectivity index (χ1v) is 16.5. The lowest BCUT2D eigenvalue weighted by Crippen LogP contribution is -2.52. The standard InChI is InChI=1S/C35H35Cl2F3N6O3/c1-3-49-29-20-24(35(38,39)40)8-13-28(29)33-43-31(22-4-9-25(36)10-5-22)32(23-6-11-26(37)12-7-23)46(33)34(48)45-17-14-27(15-18-45)42-21-30(47)44(2)19-16-41/h4-13,20,27,31-32,42H,3,14-15,17-19,21H2,1-2H3. The molecule has 5 rings (SSSR count). The summed E-state index contributed by atoms with van der Waals surface area (Å²) in [5.74, 6) is -0.0819. The van der Waals surface area contributed by atoms with Crippen molar-refractivity contribution >= 4 is 41.0 Å². The van der Waals surface area contributed by atoms with Crippen LogP contribution in [0.25, 0.3) is 0 Å². The lowest BCUT2D eigenvalue weighted by atomic mass is 9.93. The fraction of sp³-hybridized carbons (Fsp3) is 0.371. The molecule has 14 heteroatoms. The van der Waals surface area contributed by atoms with Gasteiger partial charge in [-0.05, 0) is 73.4 Å². The van der Waals surface area contributed by atoms with Gasteiger partial charge in [0.05, 0.1) is 36.4 Å². The number of likely N-dealkylation sites (tertiary alicyclic amines) is 1. The predicted octanol–water partition coefficient (Wildman–Crippen LogP) is 7.11. The van der Waals surface area contributed by atoms with Crippen LogP contribution in [0.1, 0.15) is 54.1 Å². The molecule has 0 saturated carbocycles. The first-order valence-electron chi connectivity index (χ1n) is 15.8. The molecule has 2 heterocycles. The highest BCUT2D eigenvalue weighted by Crippen LogP contribution is 2.46. The number of piperidine rings is 1. The van der Waals surface area contributed by atoms with Crippen molar-refractivity contribution < 1.29 is 27.5 Å². The number of halogens is 5. The zero-order valence-corrected chi connectivity index (χ0v) is 28.4. The van der Waals surface area contributed by atoms with Gasteiger partial charge in [0.25, 0.3) is 0 Å². The SMILES string of the molecule is CCOc1cc(C(F)(F)F)ccc1C1=NC(c2ccc(Cl)cc2)C(c2ccc(Cl)cc2)N1C(=O)N1CCC(NCC(=O)N(C)CC#N)CC1. The van der Waals surface area contributed by atoms with E-state index >= 15 is 0 Å². The highest BCUT2D eigenvalue weighted by Gasteiger charge is 2.45. The Morgan fingerprint density at radius 1 is 1.02 bits per heavy atom. The van der Waals surface area contributed by atoms with Crippen molar-refractivity contribution in [2.24, 2.45) is 4.99 Å². The number of rotatable bonds is 9. The third-order valence-electron chi connectivity index (χ3n) is 8.59. The fourth-order valence-electron chi connectivity index (χ4n) is 6.00. The Morgan fingerprint density at radius 3 is 2.20 bits per heavy atom. The van der Waals surface area contributed by atoms with E-state index in [4.69, 9.17) is 38.2 Å². The number of ether oxygens (including phenoxy) is 1. The second-order valence-corrected chi connectivity index (χ2v) is 12.7. The molecule has 1 saturated heterocycles. The normalized spacial score (nSPS) is 18.2. The van der Waals surface area contributed by atoms with Crippen LogP contribution in [0, 0.1) is 11.3 Å². The smallest absolute Gasteiger partial charge is 0.416 e. The van der Waals surface area contributed by atoms with Crippen molar-refractivity contribution in [3.63, 3.8) is 0 Å². The molecule has 0 aromatic heterocycles. The maximum atomic E-state index is 14.7. The number of nitriles is 1. The van der Waals surface area contributed by atoms with Crippen LogP contribution in [0.15, 0.2) is 71.7 Å². The number of urea groups is 1. The van der Waals surface area contributed by atoms with E-state index in [1.54, 1.807) is 60.2 Å². The van der Waals surface area contributed by atoms with Gasteiger partial charge in [0.2, 0.25) is 5.91 Å².